The summed E-state index contributed by atoms with van der Waals surface area (Å²) < 4.78 is 0. The molecule has 0 aliphatic heterocycles. The molecule has 1 aromatic carbocycles. The molecule has 3 nitrogen and oxygen atoms in total. The van der Waals surface area contributed by atoms with Gasteiger partial charge in [-0.25, -0.2) is 0 Å². The third-order valence-electron chi connectivity index (χ3n) is 5.19. The number of carbonyl (C=O) groups is 1. The molecule has 2 aliphatic rings. The quantitative estimate of drug-likeness (QED) is 0.912. The number of amides is 1. The SMILES string of the molecule is Cc1cc(C)cc(N(C)C(=O)C2C3CCC(C3)C2N)c1.Cl. The van der Waals surface area contributed by atoms with Crippen LogP contribution in [0, 0.1) is 31.6 Å². The third-order valence-corrected chi connectivity index (χ3v) is 5.19. The number of benzene rings is 1. The van der Waals surface area contributed by atoms with Gasteiger partial charge in [0.15, 0.2) is 0 Å². The van der Waals surface area contributed by atoms with Gasteiger partial charge in [0.1, 0.15) is 0 Å². The van der Waals surface area contributed by atoms with E-state index < -0.39 is 0 Å². The summed E-state index contributed by atoms with van der Waals surface area (Å²) in [4.78, 5) is 14.6. The van der Waals surface area contributed by atoms with E-state index in [1.165, 1.54) is 24.0 Å². The van der Waals surface area contributed by atoms with Crippen molar-refractivity contribution < 1.29 is 4.79 Å². The fourth-order valence-electron chi connectivity index (χ4n) is 4.20. The molecule has 4 unspecified atom stereocenters. The number of hydrogen-bond acceptors (Lipinski definition) is 2. The Morgan fingerprint density at radius 2 is 1.71 bits per heavy atom. The van der Waals surface area contributed by atoms with E-state index in [0.717, 1.165) is 12.1 Å². The number of hydrogen-bond donors (Lipinski definition) is 1. The summed E-state index contributed by atoms with van der Waals surface area (Å²) in [6.07, 6.45) is 3.54. The lowest BCUT2D eigenvalue weighted by atomic mass is 9.84. The second-order valence-corrected chi connectivity index (χ2v) is 6.68. The van der Waals surface area contributed by atoms with E-state index in [9.17, 15) is 4.79 Å². The molecule has 1 aromatic rings. The number of halogens is 1. The first-order valence-electron chi connectivity index (χ1n) is 7.59. The standard InChI is InChI=1S/C17H24N2O.ClH/c1-10-6-11(2)8-14(7-10)19(3)17(20)15-12-4-5-13(9-12)16(15)18;/h6-8,12-13,15-16H,4-5,9,18H2,1-3H3;1H. The predicted octanol–water partition coefficient (Wildman–Crippen LogP) is 3.06. The van der Waals surface area contributed by atoms with Gasteiger partial charge in [-0.05, 0) is 68.2 Å². The summed E-state index contributed by atoms with van der Waals surface area (Å²) in [6.45, 7) is 4.14. The average molecular weight is 309 g/mol. The fourth-order valence-corrected chi connectivity index (χ4v) is 4.20. The van der Waals surface area contributed by atoms with Crippen molar-refractivity contribution in [2.24, 2.45) is 23.5 Å². The zero-order valence-electron chi connectivity index (χ0n) is 13.0. The molecule has 2 saturated carbocycles. The minimum atomic E-state index is 0. The van der Waals surface area contributed by atoms with Gasteiger partial charge in [-0.1, -0.05) is 6.07 Å². The van der Waals surface area contributed by atoms with Gasteiger partial charge in [0.05, 0.1) is 5.92 Å². The van der Waals surface area contributed by atoms with Crippen molar-refractivity contribution in [3.63, 3.8) is 0 Å². The van der Waals surface area contributed by atoms with E-state index in [2.05, 4.69) is 32.0 Å². The van der Waals surface area contributed by atoms with Gasteiger partial charge in [-0.3, -0.25) is 4.79 Å². The molecule has 116 valence electrons. The predicted molar refractivity (Wildman–Crippen MR) is 88.9 cm³/mol. The maximum absolute atomic E-state index is 12.8. The smallest absolute Gasteiger partial charge is 0.231 e. The van der Waals surface area contributed by atoms with Crippen LogP contribution >= 0.6 is 12.4 Å². The Bertz CT molecular complexity index is 523. The van der Waals surface area contributed by atoms with Crippen LogP contribution in [-0.2, 0) is 4.79 Å². The normalized spacial score (nSPS) is 30.1. The molecule has 2 N–H and O–H groups in total. The monoisotopic (exact) mass is 308 g/mol. The van der Waals surface area contributed by atoms with Gasteiger partial charge < -0.3 is 10.6 Å². The lowest BCUT2D eigenvalue weighted by molar-refractivity contribution is -0.124. The van der Waals surface area contributed by atoms with Gasteiger partial charge >= 0.3 is 0 Å². The van der Waals surface area contributed by atoms with E-state index in [0.29, 0.717) is 11.8 Å². The molecule has 1 amide bonds. The van der Waals surface area contributed by atoms with Crippen LogP contribution < -0.4 is 10.6 Å². The number of anilines is 1. The van der Waals surface area contributed by atoms with Gasteiger partial charge in [0, 0.05) is 18.8 Å². The second-order valence-electron chi connectivity index (χ2n) is 6.68. The van der Waals surface area contributed by atoms with E-state index in [1.807, 2.05) is 11.9 Å². The highest BCUT2D eigenvalue weighted by Crippen LogP contribution is 2.48. The Morgan fingerprint density at radius 3 is 2.24 bits per heavy atom. The molecule has 0 aromatic heterocycles. The molecule has 21 heavy (non-hydrogen) atoms. The summed E-state index contributed by atoms with van der Waals surface area (Å²) in [7, 11) is 1.88. The lowest BCUT2D eigenvalue weighted by Crippen LogP contribution is -2.46. The maximum Gasteiger partial charge on any atom is 0.231 e. The van der Waals surface area contributed by atoms with Crippen LogP contribution in [0.5, 0.6) is 0 Å². The summed E-state index contributed by atoms with van der Waals surface area (Å²) in [5.74, 6) is 1.31. The largest absolute Gasteiger partial charge is 0.327 e. The van der Waals surface area contributed by atoms with E-state index in [1.54, 1.807) is 0 Å². The molecule has 0 spiro atoms. The van der Waals surface area contributed by atoms with Crippen molar-refractivity contribution in [2.75, 3.05) is 11.9 Å². The topological polar surface area (TPSA) is 46.3 Å². The molecule has 4 atom stereocenters. The Kier molecular flexibility index (Phi) is 4.64. The number of carbonyl (C=O) groups excluding carboxylic acids is 1. The molecule has 0 saturated heterocycles. The molecule has 2 bridgehead atoms. The van der Waals surface area contributed by atoms with Crippen molar-refractivity contribution in [2.45, 2.75) is 39.2 Å². The van der Waals surface area contributed by atoms with Crippen LogP contribution in [0.25, 0.3) is 0 Å². The first-order chi connectivity index (χ1) is 9.47. The molecular formula is C17H25ClN2O. The number of rotatable bonds is 2. The molecule has 3 rings (SSSR count). The summed E-state index contributed by atoms with van der Waals surface area (Å²) in [6, 6.07) is 6.34. The minimum absolute atomic E-state index is 0. The van der Waals surface area contributed by atoms with Crippen LogP contribution in [0.3, 0.4) is 0 Å². The van der Waals surface area contributed by atoms with Crippen LogP contribution in [0.2, 0.25) is 0 Å². The number of aryl methyl sites for hydroxylation is 2. The van der Waals surface area contributed by atoms with Gasteiger partial charge in [-0.2, -0.15) is 0 Å². The van der Waals surface area contributed by atoms with Gasteiger partial charge in [0.25, 0.3) is 0 Å². The average Bonchev–Trinajstić information content (AvgIpc) is 2.96. The van der Waals surface area contributed by atoms with Gasteiger partial charge in [-0.15, -0.1) is 12.4 Å². The third kappa shape index (κ3) is 2.82. The van der Waals surface area contributed by atoms with E-state index in [-0.39, 0.29) is 30.3 Å². The lowest BCUT2D eigenvalue weighted by Gasteiger charge is -2.31. The number of nitrogens with two attached hydrogens (primary N) is 1. The van der Waals surface area contributed by atoms with Crippen molar-refractivity contribution in [3.8, 4) is 0 Å². The minimum Gasteiger partial charge on any atom is -0.327 e. The highest BCUT2D eigenvalue weighted by molar-refractivity contribution is 5.95. The zero-order valence-corrected chi connectivity index (χ0v) is 13.8. The van der Waals surface area contributed by atoms with Gasteiger partial charge in [0.2, 0.25) is 5.91 Å². The Hall–Kier alpha value is -1.06. The first-order valence-corrected chi connectivity index (χ1v) is 7.59. The van der Waals surface area contributed by atoms with Crippen LogP contribution in [-0.4, -0.2) is 19.0 Å². The molecule has 0 heterocycles. The van der Waals surface area contributed by atoms with Crippen LogP contribution in [0.1, 0.15) is 30.4 Å². The second kappa shape index (κ2) is 5.98. The Balaban J connectivity index is 0.00000161. The zero-order chi connectivity index (χ0) is 14.4. The van der Waals surface area contributed by atoms with E-state index in [4.69, 9.17) is 5.73 Å². The van der Waals surface area contributed by atoms with Crippen LogP contribution in [0.15, 0.2) is 18.2 Å². The van der Waals surface area contributed by atoms with Crippen molar-refractivity contribution >= 4 is 24.0 Å². The van der Waals surface area contributed by atoms with Crippen molar-refractivity contribution in [1.29, 1.82) is 0 Å². The number of nitrogens with zero attached hydrogens (tertiary/aromatic N) is 1. The van der Waals surface area contributed by atoms with Crippen molar-refractivity contribution in [3.05, 3.63) is 29.3 Å². The molecule has 0 radical (unpaired) electrons. The summed E-state index contributed by atoms with van der Waals surface area (Å²) >= 11 is 0. The first kappa shape index (κ1) is 16.3. The fraction of sp³-hybridized carbons (Fsp3) is 0.588. The molecule has 4 heteroatoms. The van der Waals surface area contributed by atoms with Crippen LogP contribution in [0.4, 0.5) is 5.69 Å². The summed E-state index contributed by atoms with van der Waals surface area (Å²) in [5, 5.41) is 0. The highest BCUT2D eigenvalue weighted by Gasteiger charge is 2.49. The molecule has 2 fully saturated rings. The summed E-state index contributed by atoms with van der Waals surface area (Å²) in [5.41, 5.74) is 9.66. The Morgan fingerprint density at radius 1 is 1.14 bits per heavy atom. The maximum atomic E-state index is 12.8. The van der Waals surface area contributed by atoms with Crippen molar-refractivity contribution in [1.82, 2.24) is 0 Å². The molecule has 2 aliphatic carbocycles. The van der Waals surface area contributed by atoms with E-state index >= 15 is 0 Å². The molecular weight excluding hydrogens is 284 g/mol. The number of fused-ring (bicyclic) bond motifs is 2. The highest BCUT2D eigenvalue weighted by atomic mass is 35.5. The Labute approximate surface area is 133 Å².